The van der Waals surface area contributed by atoms with Crippen LogP contribution in [0.1, 0.15) is 61.8 Å². The molecule has 0 atom stereocenters. The topological polar surface area (TPSA) is 67.2 Å². The van der Waals surface area contributed by atoms with E-state index in [1.54, 1.807) is 4.68 Å². The summed E-state index contributed by atoms with van der Waals surface area (Å²) in [5.74, 6) is -0.350. The lowest BCUT2D eigenvalue weighted by Gasteiger charge is -2.24. The molecule has 35 heavy (non-hydrogen) atoms. The minimum atomic E-state index is -0.413. The van der Waals surface area contributed by atoms with Crippen LogP contribution in [0.2, 0.25) is 0 Å². The molecule has 1 N–H and O–H groups in total. The highest BCUT2D eigenvalue weighted by molar-refractivity contribution is 5.99. The van der Waals surface area contributed by atoms with Crippen LogP contribution in [0.25, 0.3) is 5.69 Å². The molecule has 0 bridgehead atoms. The van der Waals surface area contributed by atoms with Gasteiger partial charge in [-0.1, -0.05) is 46.8 Å². The molecule has 6 nitrogen and oxygen atoms in total. The predicted molar refractivity (Wildman–Crippen MR) is 138 cm³/mol. The van der Waals surface area contributed by atoms with Gasteiger partial charge in [-0.15, -0.1) is 0 Å². The molecule has 2 aromatic carbocycles. The van der Waals surface area contributed by atoms with Gasteiger partial charge in [-0.25, -0.2) is 9.07 Å². The molecule has 0 unspecified atom stereocenters. The van der Waals surface area contributed by atoms with Gasteiger partial charge in [0.1, 0.15) is 18.2 Å². The van der Waals surface area contributed by atoms with Crippen molar-refractivity contribution in [3.05, 3.63) is 76.7 Å². The van der Waals surface area contributed by atoms with E-state index < -0.39 is 5.82 Å². The van der Waals surface area contributed by atoms with Gasteiger partial charge in [0.15, 0.2) is 0 Å². The summed E-state index contributed by atoms with van der Waals surface area (Å²) in [6.07, 6.45) is 0. The number of aryl methyl sites for hydroxylation is 1. The Morgan fingerprint density at radius 1 is 1.09 bits per heavy atom. The van der Waals surface area contributed by atoms with Gasteiger partial charge in [0.05, 0.1) is 11.4 Å². The van der Waals surface area contributed by atoms with Crippen LogP contribution in [0.3, 0.4) is 0 Å². The van der Waals surface area contributed by atoms with E-state index in [4.69, 9.17) is 5.10 Å². The normalized spacial score (nSPS) is 11.6. The Labute approximate surface area is 207 Å². The van der Waals surface area contributed by atoms with Crippen LogP contribution >= 0.6 is 0 Å². The number of halogens is 1. The number of hydrogen-bond acceptors (Lipinski definition) is 3. The molecule has 0 radical (unpaired) electrons. The number of aromatic nitrogens is 2. The van der Waals surface area contributed by atoms with Crippen molar-refractivity contribution in [2.24, 2.45) is 5.92 Å². The van der Waals surface area contributed by atoms with Crippen LogP contribution in [-0.2, 0) is 10.2 Å². The summed E-state index contributed by atoms with van der Waals surface area (Å²) in [5.41, 5.74) is 4.05. The first-order valence-electron chi connectivity index (χ1n) is 11.9. The van der Waals surface area contributed by atoms with E-state index in [1.165, 1.54) is 29.2 Å². The minimum Gasteiger partial charge on any atom is -0.329 e. The van der Waals surface area contributed by atoms with Crippen LogP contribution in [0.4, 0.5) is 10.2 Å². The lowest BCUT2D eigenvalue weighted by atomic mass is 9.92. The zero-order valence-corrected chi connectivity index (χ0v) is 21.6. The lowest BCUT2D eigenvalue weighted by molar-refractivity contribution is -0.117. The number of benzene rings is 2. The summed E-state index contributed by atoms with van der Waals surface area (Å²) in [5, 5.41) is 7.79. The maximum Gasteiger partial charge on any atom is 0.254 e. The van der Waals surface area contributed by atoms with Crippen LogP contribution in [0.15, 0.2) is 48.5 Å². The SMILES string of the molecule is Cc1cccc(-n2nc(C(C)(C)C)cc2NC(=O)CN(CC(C)C)C(=O)c2ccc(F)cc2)c1C. The number of rotatable bonds is 7. The Morgan fingerprint density at radius 3 is 2.34 bits per heavy atom. The van der Waals surface area contributed by atoms with Gasteiger partial charge < -0.3 is 10.2 Å². The van der Waals surface area contributed by atoms with E-state index in [0.29, 0.717) is 17.9 Å². The van der Waals surface area contributed by atoms with Gasteiger partial charge in [0.2, 0.25) is 5.91 Å². The summed E-state index contributed by atoms with van der Waals surface area (Å²) in [6, 6.07) is 13.2. The third-order valence-corrected chi connectivity index (χ3v) is 5.85. The first-order valence-corrected chi connectivity index (χ1v) is 11.9. The Kier molecular flexibility index (Phi) is 7.78. The number of anilines is 1. The fourth-order valence-electron chi connectivity index (χ4n) is 3.78. The number of carbonyl (C=O) groups excluding carboxylic acids is 2. The van der Waals surface area contributed by atoms with E-state index in [1.807, 2.05) is 52.0 Å². The highest BCUT2D eigenvalue weighted by atomic mass is 19.1. The van der Waals surface area contributed by atoms with E-state index in [9.17, 15) is 14.0 Å². The van der Waals surface area contributed by atoms with Gasteiger partial charge in [-0.05, 0) is 61.2 Å². The average Bonchev–Trinajstić information content (AvgIpc) is 3.19. The summed E-state index contributed by atoms with van der Waals surface area (Å²) in [4.78, 5) is 27.8. The molecule has 3 rings (SSSR count). The van der Waals surface area contributed by atoms with E-state index in [0.717, 1.165) is 22.5 Å². The first-order chi connectivity index (χ1) is 16.4. The molecule has 0 fully saturated rings. The van der Waals surface area contributed by atoms with Crippen molar-refractivity contribution in [1.82, 2.24) is 14.7 Å². The number of nitrogens with one attached hydrogen (secondary N) is 1. The second kappa shape index (κ2) is 10.4. The molecule has 0 aliphatic carbocycles. The van der Waals surface area contributed by atoms with Crippen molar-refractivity contribution in [2.45, 2.75) is 53.9 Å². The molecule has 0 saturated heterocycles. The van der Waals surface area contributed by atoms with Crippen molar-refractivity contribution in [1.29, 1.82) is 0 Å². The molecule has 186 valence electrons. The molecular formula is C28H35FN4O2. The van der Waals surface area contributed by atoms with Gasteiger partial charge in [0, 0.05) is 23.6 Å². The second-order valence-corrected chi connectivity index (χ2v) is 10.4. The van der Waals surface area contributed by atoms with Gasteiger partial charge in [0.25, 0.3) is 5.91 Å². The highest BCUT2D eigenvalue weighted by Crippen LogP contribution is 2.28. The zero-order chi connectivity index (χ0) is 25.9. The molecule has 0 saturated carbocycles. The van der Waals surface area contributed by atoms with Crippen molar-refractivity contribution >= 4 is 17.6 Å². The van der Waals surface area contributed by atoms with Crippen LogP contribution < -0.4 is 5.32 Å². The third kappa shape index (κ3) is 6.35. The molecule has 2 amide bonds. The molecule has 7 heteroatoms. The number of carbonyl (C=O) groups is 2. The first kappa shape index (κ1) is 26.1. The van der Waals surface area contributed by atoms with E-state index in [-0.39, 0.29) is 29.7 Å². The van der Waals surface area contributed by atoms with Crippen molar-refractivity contribution in [2.75, 3.05) is 18.4 Å². The quantitative estimate of drug-likeness (QED) is 0.476. The summed E-state index contributed by atoms with van der Waals surface area (Å²) >= 11 is 0. The van der Waals surface area contributed by atoms with Crippen LogP contribution in [0, 0.1) is 25.6 Å². The summed E-state index contributed by atoms with van der Waals surface area (Å²) in [6.45, 7) is 14.5. The minimum absolute atomic E-state index is 0.128. The summed E-state index contributed by atoms with van der Waals surface area (Å²) < 4.78 is 15.1. The molecule has 0 spiro atoms. The van der Waals surface area contributed by atoms with Crippen LogP contribution in [-0.4, -0.2) is 39.6 Å². The largest absolute Gasteiger partial charge is 0.329 e. The Bertz CT molecular complexity index is 1210. The molecule has 1 aromatic heterocycles. The second-order valence-electron chi connectivity index (χ2n) is 10.4. The van der Waals surface area contributed by atoms with E-state index >= 15 is 0 Å². The predicted octanol–water partition coefficient (Wildman–Crippen LogP) is 5.66. The van der Waals surface area contributed by atoms with Crippen molar-refractivity contribution < 1.29 is 14.0 Å². The van der Waals surface area contributed by atoms with Crippen LogP contribution in [0.5, 0.6) is 0 Å². The fraction of sp³-hybridized carbons (Fsp3) is 0.393. The number of nitrogens with zero attached hydrogens (tertiary/aromatic N) is 3. The fourth-order valence-corrected chi connectivity index (χ4v) is 3.78. The number of hydrogen-bond donors (Lipinski definition) is 1. The number of amides is 2. The van der Waals surface area contributed by atoms with Crippen molar-refractivity contribution in [3.63, 3.8) is 0 Å². The molecular weight excluding hydrogens is 443 g/mol. The van der Waals surface area contributed by atoms with Gasteiger partial charge in [-0.3, -0.25) is 9.59 Å². The molecule has 3 aromatic rings. The zero-order valence-electron chi connectivity index (χ0n) is 21.6. The molecule has 0 aliphatic rings. The van der Waals surface area contributed by atoms with Gasteiger partial charge in [-0.2, -0.15) is 5.10 Å². The van der Waals surface area contributed by atoms with Gasteiger partial charge >= 0.3 is 0 Å². The third-order valence-electron chi connectivity index (χ3n) is 5.85. The van der Waals surface area contributed by atoms with E-state index in [2.05, 4.69) is 26.1 Å². The van der Waals surface area contributed by atoms with Crippen molar-refractivity contribution in [3.8, 4) is 5.69 Å². The average molecular weight is 479 g/mol. The monoisotopic (exact) mass is 478 g/mol. The Morgan fingerprint density at radius 2 is 1.74 bits per heavy atom. The maximum absolute atomic E-state index is 13.3. The maximum atomic E-state index is 13.3. The standard InChI is InChI=1S/C28H35FN4O2/c1-18(2)16-32(27(35)21-11-13-22(29)14-12-21)17-26(34)30-25-15-24(28(5,6)7)31-33(25)23-10-8-9-19(3)20(23)4/h8-15,18H,16-17H2,1-7H3,(H,30,34). The highest BCUT2D eigenvalue weighted by Gasteiger charge is 2.24. The lowest BCUT2D eigenvalue weighted by Crippen LogP contribution is -2.40. The Hall–Kier alpha value is -3.48. The summed E-state index contributed by atoms with van der Waals surface area (Å²) in [7, 11) is 0. The Balaban J connectivity index is 1.91. The molecule has 1 heterocycles. The molecule has 0 aliphatic heterocycles. The smallest absolute Gasteiger partial charge is 0.254 e.